The number of carboxylic acid groups (broad SMARTS) is 1. The summed E-state index contributed by atoms with van der Waals surface area (Å²) in [4.78, 5) is 56.6. The molecule has 2 amide bonds. The van der Waals surface area contributed by atoms with Gasteiger partial charge in [0.15, 0.2) is 16.9 Å². The molecule has 0 aromatic carbocycles. The SMILES string of the molecule is COC(=O)[C@H]1[C@@H](NC(=O)C(=NOC(C)(C)C(=O)O)c2csc(N)n2)C(=O)N1S(=O)(=O)O. The summed E-state index contributed by atoms with van der Waals surface area (Å²) in [5, 5.41) is 16.0. The molecule has 1 fully saturated rings. The molecule has 1 aromatic rings. The number of thiazole rings is 1. The maximum atomic E-state index is 12.7. The quantitative estimate of drug-likeness (QED) is 0.104. The van der Waals surface area contributed by atoms with Crippen LogP contribution < -0.4 is 11.1 Å². The molecule has 2 rings (SSSR count). The second-order valence-electron chi connectivity index (χ2n) is 6.45. The maximum Gasteiger partial charge on any atom is 0.363 e. The molecule has 15 nitrogen and oxygen atoms in total. The van der Waals surface area contributed by atoms with E-state index in [2.05, 4.69) is 20.2 Å². The van der Waals surface area contributed by atoms with E-state index in [0.717, 1.165) is 32.3 Å². The molecule has 1 saturated heterocycles. The van der Waals surface area contributed by atoms with E-state index in [-0.39, 0.29) is 15.1 Å². The third kappa shape index (κ3) is 4.89. The number of carboxylic acids is 1. The van der Waals surface area contributed by atoms with Gasteiger partial charge in [-0.05, 0) is 13.8 Å². The molecule has 0 unspecified atom stereocenters. The van der Waals surface area contributed by atoms with Gasteiger partial charge in [0.2, 0.25) is 5.60 Å². The van der Waals surface area contributed by atoms with Gasteiger partial charge in [0.05, 0.1) is 7.11 Å². The van der Waals surface area contributed by atoms with Crippen molar-refractivity contribution in [3.8, 4) is 0 Å². The number of nitrogens with one attached hydrogen (secondary N) is 1. The monoisotopic (exact) mass is 479 g/mol. The molecule has 2 heterocycles. The molecule has 5 N–H and O–H groups in total. The minimum absolute atomic E-state index is 0.0256. The Morgan fingerprint density at radius 3 is 2.45 bits per heavy atom. The van der Waals surface area contributed by atoms with E-state index in [1.54, 1.807) is 0 Å². The maximum absolute atomic E-state index is 12.7. The second-order valence-corrected chi connectivity index (χ2v) is 8.63. The standard InChI is InChI=1S/C14H17N5O10S2/c1-14(2,12(23)24)29-18-6(5-4-30-13(15)16-5)9(20)17-7-8(11(22)28-3)19(10(7)21)31(25,26)27/h4,7-8H,1-3H3,(H2,15,16)(H,17,20)(H,23,24)(H,25,26,27)/t7-,8-/m1/s1. The van der Waals surface area contributed by atoms with Crippen LogP contribution in [0.15, 0.2) is 10.5 Å². The molecule has 2 atom stereocenters. The fraction of sp³-hybridized carbons (Fsp3) is 0.429. The highest BCUT2D eigenvalue weighted by molar-refractivity contribution is 7.84. The highest BCUT2D eigenvalue weighted by Gasteiger charge is 2.58. The number of β-lactam (4-membered cyclic amide) rings is 1. The number of nitrogens with two attached hydrogens (primary N) is 1. The molecule has 0 saturated carbocycles. The number of aliphatic carboxylic acids is 1. The number of oxime groups is 1. The Hall–Kier alpha value is -3.31. The molecule has 1 aromatic heterocycles. The summed E-state index contributed by atoms with van der Waals surface area (Å²) >= 11 is 0.914. The number of hydrogen-bond donors (Lipinski definition) is 4. The normalized spacial score (nSPS) is 19.4. The van der Waals surface area contributed by atoms with Gasteiger partial charge in [0.1, 0.15) is 11.7 Å². The van der Waals surface area contributed by atoms with Crippen LogP contribution in [0, 0.1) is 0 Å². The van der Waals surface area contributed by atoms with Gasteiger partial charge in [-0.3, -0.25) is 14.1 Å². The van der Waals surface area contributed by atoms with E-state index < -0.39 is 57.5 Å². The first-order valence-corrected chi connectivity index (χ1v) is 10.4. The molecule has 1 aliphatic heterocycles. The summed E-state index contributed by atoms with van der Waals surface area (Å²) in [6, 6.07) is -3.62. The lowest BCUT2D eigenvalue weighted by Gasteiger charge is -2.41. The first-order chi connectivity index (χ1) is 14.2. The van der Waals surface area contributed by atoms with Crippen molar-refractivity contribution in [1.82, 2.24) is 14.6 Å². The number of carbonyl (C=O) groups excluding carboxylic acids is 3. The zero-order valence-corrected chi connectivity index (χ0v) is 17.8. The number of carbonyl (C=O) groups is 4. The zero-order valence-electron chi connectivity index (χ0n) is 16.1. The van der Waals surface area contributed by atoms with E-state index in [1.807, 2.05) is 0 Å². The van der Waals surface area contributed by atoms with Crippen LogP contribution in [0.4, 0.5) is 5.13 Å². The van der Waals surface area contributed by atoms with Gasteiger partial charge < -0.3 is 25.7 Å². The number of amides is 2. The molecule has 1 aliphatic rings. The Labute approximate surface area is 178 Å². The molecule has 0 spiro atoms. The first-order valence-electron chi connectivity index (χ1n) is 8.11. The van der Waals surface area contributed by atoms with E-state index in [0.29, 0.717) is 0 Å². The van der Waals surface area contributed by atoms with Gasteiger partial charge in [-0.1, -0.05) is 5.16 Å². The number of hydrogen-bond acceptors (Lipinski definition) is 12. The molecule has 17 heteroatoms. The van der Waals surface area contributed by atoms with Crippen LogP contribution in [0.5, 0.6) is 0 Å². The number of aromatic nitrogens is 1. The number of ether oxygens (including phenoxy) is 1. The van der Waals surface area contributed by atoms with Crippen molar-refractivity contribution in [1.29, 1.82) is 0 Å². The number of methoxy groups -OCH3 is 1. The third-order valence-electron chi connectivity index (χ3n) is 3.89. The van der Waals surface area contributed by atoms with E-state index in [9.17, 15) is 27.6 Å². The fourth-order valence-corrected chi connectivity index (χ4v) is 3.61. The molecular formula is C14H17N5O10S2. The largest absolute Gasteiger partial charge is 0.478 e. The summed E-state index contributed by atoms with van der Waals surface area (Å²) in [5.74, 6) is -5.14. The van der Waals surface area contributed by atoms with Crippen LogP contribution >= 0.6 is 11.3 Å². The van der Waals surface area contributed by atoms with E-state index in [4.69, 9.17) is 20.2 Å². The summed E-state index contributed by atoms with van der Waals surface area (Å²) in [6.45, 7) is 2.30. The Bertz CT molecular complexity index is 1060. The van der Waals surface area contributed by atoms with Crippen LogP contribution in [0.25, 0.3) is 0 Å². The lowest BCUT2D eigenvalue weighted by atomic mass is 9.98. The average molecular weight is 479 g/mol. The van der Waals surface area contributed by atoms with Crippen molar-refractivity contribution in [2.24, 2.45) is 5.16 Å². The van der Waals surface area contributed by atoms with Crippen molar-refractivity contribution < 1.29 is 46.8 Å². The number of nitrogen functional groups attached to an aromatic ring is 1. The van der Waals surface area contributed by atoms with E-state index in [1.165, 1.54) is 5.38 Å². The topological polar surface area (TPSA) is 228 Å². The van der Waals surface area contributed by atoms with Crippen LogP contribution in [-0.4, -0.2) is 81.6 Å². The third-order valence-corrected chi connectivity index (χ3v) is 5.47. The second kappa shape index (κ2) is 8.44. The smallest absolute Gasteiger partial charge is 0.363 e. The molecule has 170 valence electrons. The van der Waals surface area contributed by atoms with Crippen molar-refractivity contribution in [3.05, 3.63) is 11.1 Å². The van der Waals surface area contributed by atoms with Gasteiger partial charge >= 0.3 is 22.2 Å². The van der Waals surface area contributed by atoms with Crippen molar-refractivity contribution >= 4 is 56.2 Å². The Morgan fingerprint density at radius 1 is 1.39 bits per heavy atom. The van der Waals surface area contributed by atoms with Crippen LogP contribution in [0.3, 0.4) is 0 Å². The Balaban J connectivity index is 2.36. The molecule has 0 bridgehead atoms. The van der Waals surface area contributed by atoms with Gasteiger partial charge in [-0.15, -0.1) is 11.3 Å². The minimum Gasteiger partial charge on any atom is -0.478 e. The number of esters is 1. The number of anilines is 1. The molecule has 0 radical (unpaired) electrons. The van der Waals surface area contributed by atoms with Gasteiger partial charge in [-0.2, -0.15) is 12.7 Å². The minimum atomic E-state index is -5.11. The van der Waals surface area contributed by atoms with Crippen LogP contribution in [0.1, 0.15) is 19.5 Å². The van der Waals surface area contributed by atoms with Crippen LogP contribution in [0.2, 0.25) is 0 Å². The van der Waals surface area contributed by atoms with Gasteiger partial charge in [0, 0.05) is 5.38 Å². The first kappa shape index (κ1) is 24.0. The summed E-state index contributed by atoms with van der Waals surface area (Å²) < 4.78 is 36.0. The Morgan fingerprint density at radius 2 is 2.00 bits per heavy atom. The van der Waals surface area contributed by atoms with Crippen molar-refractivity contribution in [2.45, 2.75) is 31.5 Å². The number of nitrogens with zero attached hydrogens (tertiary/aromatic N) is 3. The highest BCUT2D eigenvalue weighted by Crippen LogP contribution is 2.25. The van der Waals surface area contributed by atoms with Gasteiger partial charge in [0.25, 0.3) is 11.8 Å². The average Bonchev–Trinajstić information content (AvgIpc) is 3.07. The van der Waals surface area contributed by atoms with Crippen molar-refractivity contribution in [2.75, 3.05) is 12.8 Å². The summed E-state index contributed by atoms with van der Waals surface area (Å²) in [7, 11) is -4.21. The van der Waals surface area contributed by atoms with E-state index >= 15 is 0 Å². The fourth-order valence-electron chi connectivity index (χ4n) is 2.22. The predicted molar refractivity (Wildman–Crippen MR) is 102 cm³/mol. The lowest BCUT2D eigenvalue weighted by molar-refractivity contribution is -0.162. The molecule has 0 aliphatic carbocycles. The summed E-state index contributed by atoms with van der Waals surface area (Å²) in [6.07, 6.45) is 0. The summed E-state index contributed by atoms with van der Waals surface area (Å²) in [5.41, 5.74) is 2.92. The lowest BCUT2D eigenvalue weighted by Crippen LogP contribution is -2.74. The highest BCUT2D eigenvalue weighted by atomic mass is 32.2. The van der Waals surface area contributed by atoms with Crippen molar-refractivity contribution in [3.63, 3.8) is 0 Å². The molecular weight excluding hydrogens is 462 g/mol. The predicted octanol–water partition coefficient (Wildman–Crippen LogP) is -2.02. The van der Waals surface area contributed by atoms with Crippen LogP contribution in [-0.2, 0) is 39.1 Å². The Kier molecular flexibility index (Phi) is 6.52. The number of rotatable bonds is 8. The molecule has 31 heavy (non-hydrogen) atoms. The van der Waals surface area contributed by atoms with Gasteiger partial charge in [-0.25, -0.2) is 14.6 Å². The zero-order chi connectivity index (χ0) is 23.7.